The monoisotopic (exact) mass is 373 g/mol. The molecule has 4 rings (SSSR count). The zero-order chi connectivity index (χ0) is 19.2. The number of anilines is 1. The molecular weight excluding hydrogens is 342 g/mol. The molecule has 1 aliphatic carbocycles. The van der Waals surface area contributed by atoms with E-state index in [1.807, 2.05) is 0 Å². The number of aromatic nitrogens is 2. The fraction of sp³-hybridized carbons (Fsp3) is 0.360. The van der Waals surface area contributed by atoms with Crippen molar-refractivity contribution in [3.8, 4) is 16.8 Å². The van der Waals surface area contributed by atoms with Gasteiger partial charge in [-0.1, -0.05) is 19.8 Å². The molecule has 0 atom stereocenters. The van der Waals surface area contributed by atoms with Gasteiger partial charge in [-0.3, -0.25) is 0 Å². The maximum absolute atomic E-state index is 3.60. The van der Waals surface area contributed by atoms with Crippen LogP contribution in [0.15, 0.2) is 73.3 Å². The van der Waals surface area contributed by atoms with Crippen molar-refractivity contribution in [2.75, 3.05) is 11.9 Å². The molecule has 0 bridgehead atoms. The van der Waals surface area contributed by atoms with Crippen LogP contribution in [0.4, 0.5) is 5.69 Å². The second-order valence-corrected chi connectivity index (χ2v) is 7.90. The van der Waals surface area contributed by atoms with E-state index in [-0.39, 0.29) is 0 Å². The van der Waals surface area contributed by atoms with E-state index in [0.717, 1.165) is 25.4 Å². The van der Waals surface area contributed by atoms with E-state index in [1.54, 1.807) is 0 Å². The Morgan fingerprint density at radius 2 is 1.43 bits per heavy atom. The van der Waals surface area contributed by atoms with Crippen molar-refractivity contribution in [2.45, 2.75) is 45.6 Å². The summed E-state index contributed by atoms with van der Waals surface area (Å²) in [5.41, 5.74) is 4.91. The normalized spacial score (nSPS) is 14.3. The zero-order valence-corrected chi connectivity index (χ0v) is 16.8. The van der Waals surface area contributed by atoms with E-state index < -0.39 is 0 Å². The molecule has 0 amide bonds. The molecular formula is C25H31N3+2. The van der Waals surface area contributed by atoms with Crippen molar-refractivity contribution in [2.24, 2.45) is 5.92 Å². The van der Waals surface area contributed by atoms with Gasteiger partial charge in [0, 0.05) is 55.1 Å². The second-order valence-electron chi connectivity index (χ2n) is 7.90. The molecule has 2 heterocycles. The summed E-state index contributed by atoms with van der Waals surface area (Å²) in [7, 11) is 0. The fourth-order valence-electron chi connectivity index (χ4n) is 4.08. The first-order valence-corrected chi connectivity index (χ1v) is 10.7. The minimum absolute atomic E-state index is 0.857. The minimum atomic E-state index is 0.857. The number of pyridine rings is 2. The smallest absolute Gasteiger partial charge is 0.210 e. The SMILES string of the molecule is CCC[n+]1ccc(-c2cc[n+](-c3ccc(NCC4CCCC4)cc3)cc2)cc1. The van der Waals surface area contributed by atoms with Crippen molar-refractivity contribution < 1.29 is 9.13 Å². The molecule has 1 N–H and O–H groups in total. The van der Waals surface area contributed by atoms with Gasteiger partial charge in [-0.15, -0.1) is 0 Å². The second kappa shape index (κ2) is 9.01. The lowest BCUT2D eigenvalue weighted by Gasteiger charge is -2.11. The highest BCUT2D eigenvalue weighted by atomic mass is 14.9. The Morgan fingerprint density at radius 1 is 0.821 bits per heavy atom. The van der Waals surface area contributed by atoms with Crippen LogP contribution in [0.5, 0.6) is 0 Å². The van der Waals surface area contributed by atoms with Crippen LogP contribution >= 0.6 is 0 Å². The van der Waals surface area contributed by atoms with Crippen molar-refractivity contribution in [3.63, 3.8) is 0 Å². The first-order chi connectivity index (χ1) is 13.8. The molecule has 0 aliphatic heterocycles. The molecule has 3 heteroatoms. The van der Waals surface area contributed by atoms with Crippen molar-refractivity contribution in [3.05, 3.63) is 73.3 Å². The Labute approximate surface area is 168 Å². The average molecular weight is 374 g/mol. The summed E-state index contributed by atoms with van der Waals surface area (Å²) in [6, 6.07) is 17.5. The molecule has 0 radical (unpaired) electrons. The molecule has 2 aromatic heterocycles. The molecule has 3 nitrogen and oxygen atoms in total. The summed E-state index contributed by atoms with van der Waals surface area (Å²) in [5.74, 6) is 0.857. The predicted molar refractivity (Wildman–Crippen MR) is 114 cm³/mol. The van der Waals surface area contributed by atoms with Gasteiger partial charge in [-0.05, 0) is 42.0 Å². The first kappa shape index (κ1) is 18.7. The van der Waals surface area contributed by atoms with Gasteiger partial charge in [0.05, 0.1) is 0 Å². The number of aryl methyl sites for hydroxylation is 1. The highest BCUT2D eigenvalue weighted by Gasteiger charge is 2.14. The van der Waals surface area contributed by atoms with Crippen LogP contribution in [0.2, 0.25) is 0 Å². The summed E-state index contributed by atoms with van der Waals surface area (Å²) in [6.45, 7) is 4.38. The maximum atomic E-state index is 3.60. The Hall–Kier alpha value is -2.68. The number of hydrogen-bond acceptors (Lipinski definition) is 1. The van der Waals surface area contributed by atoms with Gasteiger partial charge in [-0.2, -0.15) is 4.57 Å². The van der Waals surface area contributed by atoms with Gasteiger partial charge in [0.1, 0.15) is 6.54 Å². The lowest BCUT2D eigenvalue weighted by molar-refractivity contribution is -0.696. The van der Waals surface area contributed by atoms with Gasteiger partial charge in [-0.25, -0.2) is 4.57 Å². The third kappa shape index (κ3) is 4.59. The first-order valence-electron chi connectivity index (χ1n) is 10.7. The predicted octanol–water partition coefficient (Wildman–Crippen LogP) is 4.93. The van der Waals surface area contributed by atoms with Crippen molar-refractivity contribution >= 4 is 5.69 Å². The van der Waals surface area contributed by atoms with Crippen LogP contribution in [0.25, 0.3) is 16.8 Å². The molecule has 0 spiro atoms. The summed E-state index contributed by atoms with van der Waals surface area (Å²) < 4.78 is 4.40. The highest BCUT2D eigenvalue weighted by molar-refractivity contribution is 5.61. The molecule has 0 saturated heterocycles. The third-order valence-corrected chi connectivity index (χ3v) is 5.77. The lowest BCUT2D eigenvalue weighted by Crippen LogP contribution is -2.32. The van der Waals surface area contributed by atoms with Crippen LogP contribution in [0, 0.1) is 5.92 Å². The van der Waals surface area contributed by atoms with Crippen LogP contribution in [0.1, 0.15) is 39.0 Å². The van der Waals surface area contributed by atoms with E-state index in [4.69, 9.17) is 0 Å². The molecule has 144 valence electrons. The van der Waals surface area contributed by atoms with Crippen LogP contribution < -0.4 is 14.5 Å². The van der Waals surface area contributed by atoms with E-state index in [2.05, 4.69) is 94.7 Å². The Balaban J connectivity index is 1.40. The van der Waals surface area contributed by atoms with E-state index >= 15 is 0 Å². The standard InChI is InChI=1S/C25H30N3/c1-2-15-27-16-11-22(12-17-27)23-13-18-28(19-14-23)25-9-7-24(8-10-25)26-20-21-5-3-4-6-21/h7-14,16-19,21H,2-6,15,20H2,1H3/q+1/p+1. The molecule has 1 fully saturated rings. The average Bonchev–Trinajstić information content (AvgIpc) is 3.27. The van der Waals surface area contributed by atoms with Crippen LogP contribution in [-0.4, -0.2) is 6.54 Å². The molecule has 3 aromatic rings. The van der Waals surface area contributed by atoms with Crippen molar-refractivity contribution in [1.29, 1.82) is 0 Å². The van der Waals surface area contributed by atoms with Crippen LogP contribution in [-0.2, 0) is 6.54 Å². The van der Waals surface area contributed by atoms with Crippen molar-refractivity contribution in [1.82, 2.24) is 0 Å². The van der Waals surface area contributed by atoms with Gasteiger partial charge in [0.15, 0.2) is 24.8 Å². The summed E-state index contributed by atoms with van der Waals surface area (Å²) in [4.78, 5) is 0. The zero-order valence-electron chi connectivity index (χ0n) is 16.8. The number of nitrogens with zero attached hydrogens (tertiary/aromatic N) is 2. The summed E-state index contributed by atoms with van der Waals surface area (Å²) in [5, 5.41) is 3.60. The Morgan fingerprint density at radius 3 is 2.04 bits per heavy atom. The molecule has 1 aliphatic rings. The molecule has 28 heavy (non-hydrogen) atoms. The topological polar surface area (TPSA) is 19.8 Å². The minimum Gasteiger partial charge on any atom is -0.385 e. The number of hydrogen-bond donors (Lipinski definition) is 1. The van der Waals surface area contributed by atoms with Gasteiger partial charge in [0.2, 0.25) is 5.69 Å². The van der Waals surface area contributed by atoms with E-state index in [1.165, 1.54) is 48.2 Å². The number of benzene rings is 1. The molecule has 0 unspecified atom stereocenters. The summed E-state index contributed by atoms with van der Waals surface area (Å²) >= 11 is 0. The summed E-state index contributed by atoms with van der Waals surface area (Å²) in [6.07, 6.45) is 15.3. The molecule has 1 saturated carbocycles. The van der Waals surface area contributed by atoms with E-state index in [0.29, 0.717) is 0 Å². The number of rotatable bonds is 7. The third-order valence-electron chi connectivity index (χ3n) is 5.77. The van der Waals surface area contributed by atoms with Gasteiger partial charge < -0.3 is 5.32 Å². The quantitative estimate of drug-likeness (QED) is 0.582. The van der Waals surface area contributed by atoms with Gasteiger partial charge >= 0.3 is 0 Å². The largest absolute Gasteiger partial charge is 0.385 e. The fourth-order valence-corrected chi connectivity index (χ4v) is 4.08. The Bertz CT molecular complexity index is 861. The molecule has 1 aromatic carbocycles. The van der Waals surface area contributed by atoms with E-state index in [9.17, 15) is 0 Å². The van der Waals surface area contributed by atoms with Crippen LogP contribution in [0.3, 0.4) is 0 Å². The highest BCUT2D eigenvalue weighted by Crippen LogP contribution is 2.25. The Kier molecular flexibility index (Phi) is 6.01. The lowest BCUT2D eigenvalue weighted by atomic mass is 10.1. The number of nitrogens with one attached hydrogen (secondary N) is 1. The maximum Gasteiger partial charge on any atom is 0.210 e. The van der Waals surface area contributed by atoms with Gasteiger partial charge in [0.25, 0.3) is 0 Å².